The molecule has 108 valence electrons. The predicted octanol–water partition coefficient (Wildman–Crippen LogP) is 3.36. The first-order valence-electron chi connectivity index (χ1n) is 6.83. The topological polar surface area (TPSA) is 40.2 Å². The van der Waals surface area contributed by atoms with Gasteiger partial charge in [-0.05, 0) is 47.3 Å². The highest BCUT2D eigenvalue weighted by Gasteiger charge is 2.07. The van der Waals surface area contributed by atoms with Crippen molar-refractivity contribution in [3.63, 3.8) is 0 Å². The fourth-order valence-corrected chi connectivity index (χ4v) is 2.39. The second-order valence-electron chi connectivity index (χ2n) is 5.03. The molecular weight excluding hydrogens is 267 g/mol. The summed E-state index contributed by atoms with van der Waals surface area (Å²) < 4.78 is 20.7. The van der Waals surface area contributed by atoms with Crippen LogP contribution in [0.3, 0.4) is 0 Å². The summed E-state index contributed by atoms with van der Waals surface area (Å²) in [4.78, 5) is 0. The van der Waals surface area contributed by atoms with Gasteiger partial charge in [-0.2, -0.15) is 0 Å². The summed E-state index contributed by atoms with van der Waals surface area (Å²) in [5.41, 5.74) is 8.98. The highest BCUT2D eigenvalue weighted by molar-refractivity contribution is 5.82. The van der Waals surface area contributed by atoms with Crippen LogP contribution < -0.4 is 10.5 Å². The molecule has 0 aliphatic heterocycles. The van der Waals surface area contributed by atoms with E-state index in [4.69, 9.17) is 10.5 Å². The van der Waals surface area contributed by atoms with Crippen molar-refractivity contribution in [2.45, 2.75) is 13.2 Å². The summed E-state index contributed by atoms with van der Waals surface area (Å²) in [6, 6.07) is 14.3. The zero-order chi connectivity index (χ0) is 14.8. The molecular formula is C17H17FN2O. The molecule has 0 aliphatic carbocycles. The van der Waals surface area contributed by atoms with E-state index in [0.717, 1.165) is 22.2 Å². The van der Waals surface area contributed by atoms with Crippen molar-refractivity contribution in [1.82, 2.24) is 4.57 Å². The van der Waals surface area contributed by atoms with Gasteiger partial charge in [0.15, 0.2) is 0 Å². The molecule has 2 aromatic carbocycles. The van der Waals surface area contributed by atoms with Crippen LogP contribution in [0.15, 0.2) is 48.5 Å². The SMILES string of the molecule is Cn1c(COc2ccc(F)cc2)cc2ccc(CN)cc21. The van der Waals surface area contributed by atoms with Crippen LogP contribution in [0, 0.1) is 5.82 Å². The smallest absolute Gasteiger partial charge is 0.128 e. The molecule has 0 saturated heterocycles. The Labute approximate surface area is 122 Å². The lowest BCUT2D eigenvalue weighted by Gasteiger charge is -2.07. The molecule has 0 fully saturated rings. The van der Waals surface area contributed by atoms with Gasteiger partial charge in [0.2, 0.25) is 0 Å². The lowest BCUT2D eigenvalue weighted by atomic mass is 10.1. The van der Waals surface area contributed by atoms with Gasteiger partial charge in [0.25, 0.3) is 0 Å². The Bertz CT molecular complexity index is 762. The Kier molecular flexibility index (Phi) is 3.62. The van der Waals surface area contributed by atoms with Gasteiger partial charge in [-0.3, -0.25) is 0 Å². The largest absolute Gasteiger partial charge is 0.487 e. The molecule has 0 unspecified atom stereocenters. The second-order valence-corrected chi connectivity index (χ2v) is 5.03. The van der Waals surface area contributed by atoms with Crippen LogP contribution in [-0.4, -0.2) is 4.57 Å². The van der Waals surface area contributed by atoms with Crippen LogP contribution in [-0.2, 0) is 20.2 Å². The number of hydrogen-bond acceptors (Lipinski definition) is 2. The summed E-state index contributed by atoms with van der Waals surface area (Å²) >= 11 is 0. The van der Waals surface area contributed by atoms with Crippen LogP contribution >= 0.6 is 0 Å². The molecule has 1 aromatic heterocycles. The molecule has 0 atom stereocenters. The van der Waals surface area contributed by atoms with E-state index in [2.05, 4.69) is 22.8 Å². The zero-order valence-electron chi connectivity index (χ0n) is 11.8. The summed E-state index contributed by atoms with van der Waals surface area (Å²) in [6.45, 7) is 0.970. The number of nitrogens with zero attached hydrogens (tertiary/aromatic N) is 1. The third kappa shape index (κ3) is 2.76. The molecule has 0 saturated carbocycles. The van der Waals surface area contributed by atoms with Gasteiger partial charge in [0.05, 0.1) is 5.69 Å². The van der Waals surface area contributed by atoms with Crippen molar-refractivity contribution in [1.29, 1.82) is 0 Å². The Hall–Kier alpha value is -2.33. The number of benzene rings is 2. The van der Waals surface area contributed by atoms with Crippen LogP contribution in [0.4, 0.5) is 4.39 Å². The van der Waals surface area contributed by atoms with Crippen molar-refractivity contribution >= 4 is 10.9 Å². The van der Waals surface area contributed by atoms with Gasteiger partial charge in [0.1, 0.15) is 18.2 Å². The molecule has 0 aliphatic rings. The third-order valence-corrected chi connectivity index (χ3v) is 3.65. The third-order valence-electron chi connectivity index (χ3n) is 3.65. The van der Waals surface area contributed by atoms with Gasteiger partial charge in [-0.1, -0.05) is 12.1 Å². The Morgan fingerprint density at radius 1 is 1.10 bits per heavy atom. The lowest BCUT2D eigenvalue weighted by Crippen LogP contribution is -2.02. The number of ether oxygens (including phenoxy) is 1. The summed E-state index contributed by atoms with van der Waals surface area (Å²) in [5.74, 6) is 0.394. The molecule has 4 heteroatoms. The fraction of sp³-hybridized carbons (Fsp3) is 0.176. The quantitative estimate of drug-likeness (QED) is 0.798. The molecule has 0 bridgehead atoms. The van der Waals surface area contributed by atoms with E-state index in [1.54, 1.807) is 12.1 Å². The maximum Gasteiger partial charge on any atom is 0.128 e. The number of hydrogen-bond donors (Lipinski definition) is 1. The van der Waals surface area contributed by atoms with Crippen LogP contribution in [0.5, 0.6) is 5.75 Å². The summed E-state index contributed by atoms with van der Waals surface area (Å²) in [6.07, 6.45) is 0. The normalized spacial score (nSPS) is 11.0. The van der Waals surface area contributed by atoms with E-state index >= 15 is 0 Å². The highest BCUT2D eigenvalue weighted by atomic mass is 19.1. The van der Waals surface area contributed by atoms with Gasteiger partial charge in [-0.25, -0.2) is 4.39 Å². The number of aryl methyl sites for hydroxylation is 1. The minimum absolute atomic E-state index is 0.263. The average molecular weight is 284 g/mol. The lowest BCUT2D eigenvalue weighted by molar-refractivity contribution is 0.297. The first-order valence-corrected chi connectivity index (χ1v) is 6.83. The molecule has 2 N–H and O–H groups in total. The van der Waals surface area contributed by atoms with Crippen molar-refractivity contribution in [2.24, 2.45) is 12.8 Å². The molecule has 3 rings (SSSR count). The van der Waals surface area contributed by atoms with Gasteiger partial charge < -0.3 is 15.0 Å². The van der Waals surface area contributed by atoms with Crippen molar-refractivity contribution in [3.8, 4) is 5.75 Å². The predicted molar refractivity (Wildman–Crippen MR) is 81.5 cm³/mol. The maximum atomic E-state index is 12.9. The minimum Gasteiger partial charge on any atom is -0.487 e. The van der Waals surface area contributed by atoms with Crippen molar-refractivity contribution in [3.05, 3.63) is 65.6 Å². The van der Waals surface area contributed by atoms with Crippen LogP contribution in [0.1, 0.15) is 11.3 Å². The molecule has 1 heterocycles. The van der Waals surface area contributed by atoms with Crippen molar-refractivity contribution < 1.29 is 9.13 Å². The fourth-order valence-electron chi connectivity index (χ4n) is 2.39. The van der Waals surface area contributed by atoms with Gasteiger partial charge in [-0.15, -0.1) is 0 Å². The molecule has 3 aromatic rings. The number of rotatable bonds is 4. The second kappa shape index (κ2) is 5.58. The molecule has 3 nitrogen and oxygen atoms in total. The maximum absolute atomic E-state index is 12.9. The van der Waals surface area contributed by atoms with E-state index < -0.39 is 0 Å². The van der Waals surface area contributed by atoms with E-state index in [0.29, 0.717) is 18.9 Å². The van der Waals surface area contributed by atoms with E-state index in [9.17, 15) is 4.39 Å². The molecule has 0 spiro atoms. The number of fused-ring (bicyclic) bond motifs is 1. The zero-order valence-corrected chi connectivity index (χ0v) is 11.8. The minimum atomic E-state index is -0.263. The summed E-state index contributed by atoms with van der Waals surface area (Å²) in [5, 5.41) is 1.16. The number of halogens is 1. The number of aromatic nitrogens is 1. The first kappa shape index (κ1) is 13.6. The summed E-state index contributed by atoms with van der Waals surface area (Å²) in [7, 11) is 2.01. The van der Waals surface area contributed by atoms with Crippen molar-refractivity contribution in [2.75, 3.05) is 0 Å². The van der Waals surface area contributed by atoms with E-state index in [1.807, 2.05) is 13.1 Å². The Morgan fingerprint density at radius 3 is 2.57 bits per heavy atom. The molecule has 0 amide bonds. The standard InChI is InChI=1S/C17H17FN2O/c1-20-15(11-21-16-6-4-14(18)5-7-16)9-13-3-2-12(10-19)8-17(13)20/h2-9H,10-11,19H2,1H3. The monoisotopic (exact) mass is 284 g/mol. The van der Waals surface area contributed by atoms with E-state index in [1.165, 1.54) is 12.1 Å². The van der Waals surface area contributed by atoms with E-state index in [-0.39, 0.29) is 5.82 Å². The average Bonchev–Trinajstić information content (AvgIpc) is 2.82. The van der Waals surface area contributed by atoms with Crippen LogP contribution in [0.2, 0.25) is 0 Å². The first-order chi connectivity index (χ1) is 10.2. The molecule has 21 heavy (non-hydrogen) atoms. The van der Waals surface area contributed by atoms with Gasteiger partial charge in [0, 0.05) is 19.1 Å². The Morgan fingerprint density at radius 2 is 1.86 bits per heavy atom. The van der Waals surface area contributed by atoms with Gasteiger partial charge >= 0.3 is 0 Å². The highest BCUT2D eigenvalue weighted by Crippen LogP contribution is 2.22. The Balaban J connectivity index is 1.83. The number of nitrogens with two attached hydrogens (primary N) is 1. The van der Waals surface area contributed by atoms with Crippen LogP contribution in [0.25, 0.3) is 10.9 Å². The molecule has 0 radical (unpaired) electrons.